The van der Waals surface area contributed by atoms with Crippen LogP contribution in [0.5, 0.6) is 11.8 Å². The van der Waals surface area contributed by atoms with Crippen molar-refractivity contribution >= 4 is 23.0 Å². The van der Waals surface area contributed by atoms with Crippen molar-refractivity contribution in [2.45, 2.75) is 66.7 Å². The van der Waals surface area contributed by atoms with Crippen molar-refractivity contribution in [1.29, 1.82) is 0 Å². The van der Waals surface area contributed by atoms with Gasteiger partial charge in [0.05, 0.1) is 30.0 Å². The van der Waals surface area contributed by atoms with Crippen LogP contribution >= 0.6 is 0 Å². The number of benzene rings is 1. The summed E-state index contributed by atoms with van der Waals surface area (Å²) in [4.78, 5) is 43.6. The average molecular weight is 504 g/mol. The minimum atomic E-state index is -0.695. The summed E-state index contributed by atoms with van der Waals surface area (Å²) in [7, 11) is 1.40. The van der Waals surface area contributed by atoms with E-state index in [2.05, 4.69) is 4.98 Å². The topological polar surface area (TPSA) is 109 Å². The second-order valence-corrected chi connectivity index (χ2v) is 11.0. The van der Waals surface area contributed by atoms with E-state index in [1.54, 1.807) is 43.9 Å². The fourth-order valence-electron chi connectivity index (χ4n) is 3.70. The monoisotopic (exact) mass is 503 g/mol. The lowest BCUT2D eigenvalue weighted by molar-refractivity contribution is -0.157. The second-order valence-electron chi connectivity index (χ2n) is 11.0. The summed E-state index contributed by atoms with van der Waals surface area (Å²) in [5, 5.41) is 0.362. The fraction of sp³-hybridized carbons (Fsp3) is 0.615. The van der Waals surface area contributed by atoms with Crippen molar-refractivity contribution in [1.82, 2.24) is 14.5 Å². The van der Waals surface area contributed by atoms with E-state index in [0.717, 1.165) is 12.8 Å². The summed E-state index contributed by atoms with van der Waals surface area (Å²) >= 11 is 0. The molecule has 1 aromatic heterocycles. The van der Waals surface area contributed by atoms with Crippen molar-refractivity contribution in [2.24, 2.45) is 11.3 Å². The molecule has 0 bridgehead atoms. The van der Waals surface area contributed by atoms with Gasteiger partial charge >= 0.3 is 18.1 Å². The Morgan fingerprint density at radius 2 is 1.75 bits per heavy atom. The summed E-state index contributed by atoms with van der Waals surface area (Å²) in [6.07, 6.45) is 1.35. The fourth-order valence-corrected chi connectivity index (χ4v) is 3.70. The molecule has 1 amide bonds. The number of piperidine rings is 1. The molecule has 0 aliphatic carbocycles. The number of carbonyl (C=O) groups excluding carboxylic acids is 2. The minimum Gasteiger partial charge on any atom is -0.493 e. The molecule has 1 aliphatic rings. The molecule has 1 aromatic carbocycles. The predicted octanol–water partition coefficient (Wildman–Crippen LogP) is 3.98. The van der Waals surface area contributed by atoms with Gasteiger partial charge in [-0.15, -0.1) is 0 Å². The van der Waals surface area contributed by atoms with Crippen LogP contribution in [0.25, 0.3) is 10.9 Å². The van der Waals surface area contributed by atoms with Crippen molar-refractivity contribution in [3.05, 3.63) is 28.6 Å². The van der Waals surface area contributed by atoms with Crippen molar-refractivity contribution < 1.29 is 28.5 Å². The molecule has 0 radical (unpaired) electrons. The van der Waals surface area contributed by atoms with Gasteiger partial charge in [-0.25, -0.2) is 9.36 Å². The van der Waals surface area contributed by atoms with Gasteiger partial charge in [0.2, 0.25) is 0 Å². The lowest BCUT2D eigenvalue weighted by atomic mass is 9.98. The third-order valence-corrected chi connectivity index (χ3v) is 5.76. The predicted molar refractivity (Wildman–Crippen MR) is 134 cm³/mol. The summed E-state index contributed by atoms with van der Waals surface area (Å²) < 4.78 is 23.2. The van der Waals surface area contributed by atoms with E-state index in [-0.39, 0.29) is 24.4 Å². The molecular formula is C26H37N3O7. The number of ether oxygens (including phenoxy) is 4. The average Bonchev–Trinajstić information content (AvgIpc) is 2.80. The SMILES string of the molecule is COc1nc2cc(OCC3CCN(C(=O)OC(C)(C)C)CC3)ccc2c(=O)n1COC(=O)C(C)(C)C. The molecule has 0 N–H and O–H groups in total. The van der Waals surface area contributed by atoms with Crippen LogP contribution in [0, 0.1) is 11.3 Å². The summed E-state index contributed by atoms with van der Waals surface area (Å²) in [6.45, 7) is 12.2. The molecular weight excluding hydrogens is 466 g/mol. The maximum absolute atomic E-state index is 13.0. The normalized spacial score (nSPS) is 15.0. The second kappa shape index (κ2) is 10.8. The number of esters is 1. The minimum absolute atomic E-state index is 0.0425. The lowest BCUT2D eigenvalue weighted by Crippen LogP contribution is -2.42. The van der Waals surface area contributed by atoms with E-state index in [0.29, 0.717) is 42.3 Å². The zero-order valence-electron chi connectivity index (χ0n) is 22.3. The number of rotatable bonds is 6. The van der Waals surface area contributed by atoms with Crippen LogP contribution in [-0.2, 0) is 21.0 Å². The first-order valence-corrected chi connectivity index (χ1v) is 12.1. The molecule has 1 fully saturated rings. The van der Waals surface area contributed by atoms with Crippen LogP contribution in [0.1, 0.15) is 54.4 Å². The molecule has 1 saturated heterocycles. The third-order valence-electron chi connectivity index (χ3n) is 5.76. The maximum atomic E-state index is 13.0. The van der Waals surface area contributed by atoms with E-state index in [1.165, 1.54) is 11.7 Å². The highest BCUT2D eigenvalue weighted by Gasteiger charge is 2.27. The van der Waals surface area contributed by atoms with Gasteiger partial charge in [0.1, 0.15) is 11.4 Å². The highest BCUT2D eigenvalue weighted by Crippen LogP contribution is 2.24. The first-order valence-electron chi connectivity index (χ1n) is 12.1. The van der Waals surface area contributed by atoms with Crippen LogP contribution in [-0.4, -0.2) is 58.9 Å². The molecule has 10 nitrogen and oxygen atoms in total. The van der Waals surface area contributed by atoms with E-state index >= 15 is 0 Å². The molecule has 10 heteroatoms. The van der Waals surface area contributed by atoms with Crippen LogP contribution in [0.4, 0.5) is 4.79 Å². The van der Waals surface area contributed by atoms with Gasteiger partial charge in [0.15, 0.2) is 6.73 Å². The number of likely N-dealkylation sites (tertiary alicyclic amines) is 1. The number of hydrogen-bond donors (Lipinski definition) is 0. The van der Waals surface area contributed by atoms with Gasteiger partial charge in [-0.3, -0.25) is 9.59 Å². The molecule has 2 aromatic rings. The highest BCUT2D eigenvalue weighted by atomic mass is 16.6. The zero-order chi connectivity index (χ0) is 26.7. The Balaban J connectivity index is 1.64. The van der Waals surface area contributed by atoms with Crippen molar-refractivity contribution in [2.75, 3.05) is 26.8 Å². The Kier molecular flexibility index (Phi) is 8.15. The Bertz CT molecular complexity index is 1150. The lowest BCUT2D eigenvalue weighted by Gasteiger charge is -2.33. The molecule has 0 atom stereocenters. The molecule has 0 spiro atoms. The third kappa shape index (κ3) is 6.89. The molecule has 0 unspecified atom stereocenters. The number of hydrogen-bond acceptors (Lipinski definition) is 8. The summed E-state index contributed by atoms with van der Waals surface area (Å²) in [6, 6.07) is 5.10. The number of aromatic nitrogens is 2. The molecule has 3 rings (SSSR count). The number of methoxy groups -OCH3 is 1. The molecule has 198 valence electrons. The Morgan fingerprint density at radius 3 is 2.33 bits per heavy atom. The van der Waals surface area contributed by atoms with Crippen LogP contribution in [0.3, 0.4) is 0 Å². The largest absolute Gasteiger partial charge is 0.493 e. The van der Waals surface area contributed by atoms with Gasteiger partial charge in [-0.1, -0.05) is 0 Å². The van der Waals surface area contributed by atoms with E-state index in [1.807, 2.05) is 20.8 Å². The van der Waals surface area contributed by atoms with Gasteiger partial charge in [-0.05, 0) is 72.4 Å². The maximum Gasteiger partial charge on any atom is 0.410 e. The molecule has 2 heterocycles. The first-order chi connectivity index (χ1) is 16.8. The molecule has 36 heavy (non-hydrogen) atoms. The van der Waals surface area contributed by atoms with E-state index in [9.17, 15) is 14.4 Å². The summed E-state index contributed by atoms with van der Waals surface area (Å²) in [5.41, 5.74) is -1.16. The summed E-state index contributed by atoms with van der Waals surface area (Å²) in [5.74, 6) is 0.451. The van der Waals surface area contributed by atoms with Crippen LogP contribution in [0.2, 0.25) is 0 Å². The first kappa shape index (κ1) is 27.3. The van der Waals surface area contributed by atoms with Gasteiger partial charge in [0.25, 0.3) is 5.56 Å². The van der Waals surface area contributed by atoms with E-state index < -0.39 is 17.0 Å². The van der Waals surface area contributed by atoms with Gasteiger partial charge < -0.3 is 23.8 Å². The standard InChI is InChI=1S/C26H37N3O7/c1-25(2,3)22(31)35-16-29-21(30)19-9-8-18(14-20(19)27-23(29)33-7)34-15-17-10-12-28(13-11-17)24(32)36-26(4,5)6/h8-9,14,17H,10-13,15-16H2,1-7H3. The Hall–Kier alpha value is -3.30. The smallest absolute Gasteiger partial charge is 0.410 e. The van der Waals surface area contributed by atoms with Crippen LogP contribution in [0.15, 0.2) is 23.0 Å². The Morgan fingerprint density at radius 1 is 1.08 bits per heavy atom. The Labute approximate surface area is 211 Å². The molecule has 1 aliphatic heterocycles. The molecule has 0 saturated carbocycles. The van der Waals surface area contributed by atoms with Gasteiger partial charge in [-0.2, -0.15) is 4.98 Å². The van der Waals surface area contributed by atoms with Gasteiger partial charge in [0, 0.05) is 19.2 Å². The number of nitrogens with zero attached hydrogens (tertiary/aromatic N) is 3. The number of carbonyl (C=O) groups is 2. The quantitative estimate of drug-likeness (QED) is 0.545. The van der Waals surface area contributed by atoms with Crippen molar-refractivity contribution in [3.8, 4) is 11.8 Å². The zero-order valence-corrected chi connectivity index (χ0v) is 22.3. The highest BCUT2D eigenvalue weighted by molar-refractivity contribution is 5.79. The van der Waals surface area contributed by atoms with E-state index in [4.69, 9.17) is 18.9 Å². The van der Waals surface area contributed by atoms with Crippen LogP contribution < -0.4 is 15.0 Å². The van der Waals surface area contributed by atoms with Crippen molar-refractivity contribution in [3.63, 3.8) is 0 Å². The number of fused-ring (bicyclic) bond motifs is 1. The number of amides is 1.